The van der Waals surface area contributed by atoms with Crippen LogP contribution in [-0.2, 0) is 0 Å². The van der Waals surface area contributed by atoms with Crippen LogP contribution < -0.4 is 10.6 Å². The molecule has 0 fully saturated rings. The lowest BCUT2D eigenvalue weighted by Crippen LogP contribution is -2.14. The van der Waals surface area contributed by atoms with Crippen LogP contribution in [0, 0.1) is 6.92 Å². The van der Waals surface area contributed by atoms with E-state index >= 15 is 0 Å². The average Bonchev–Trinajstić information content (AvgIpc) is 2.59. The van der Waals surface area contributed by atoms with Gasteiger partial charge in [-0.3, -0.25) is 4.79 Å². The quantitative estimate of drug-likeness (QED) is 0.669. The fraction of sp³-hybridized carbons (Fsp3) is 0.0556. The molecule has 126 valence electrons. The van der Waals surface area contributed by atoms with Gasteiger partial charge in [0.1, 0.15) is 5.69 Å². The van der Waals surface area contributed by atoms with Crippen LogP contribution in [0.2, 0.25) is 10.0 Å². The van der Waals surface area contributed by atoms with Crippen molar-refractivity contribution in [3.05, 3.63) is 76.0 Å². The maximum atomic E-state index is 12.4. The highest BCUT2D eigenvalue weighted by atomic mass is 35.5. The highest BCUT2D eigenvalue weighted by molar-refractivity contribution is 6.43. The van der Waals surface area contributed by atoms with Crippen LogP contribution in [0.25, 0.3) is 0 Å². The number of nitrogens with zero attached hydrogens (tertiary/aromatic N) is 2. The SMILES string of the molecule is Cc1cccc(NC(=O)c2ccnc(Nc3cccc(Cl)c3Cl)n2)c1. The number of nitrogens with one attached hydrogen (secondary N) is 2. The highest BCUT2D eigenvalue weighted by Gasteiger charge is 2.11. The monoisotopic (exact) mass is 372 g/mol. The van der Waals surface area contributed by atoms with Crippen molar-refractivity contribution in [1.29, 1.82) is 0 Å². The maximum Gasteiger partial charge on any atom is 0.274 e. The number of benzene rings is 2. The van der Waals surface area contributed by atoms with Gasteiger partial charge in [-0.05, 0) is 42.8 Å². The number of rotatable bonds is 4. The molecular formula is C18H14Cl2N4O. The summed E-state index contributed by atoms with van der Waals surface area (Å²) in [5.74, 6) is -0.0747. The van der Waals surface area contributed by atoms with E-state index in [2.05, 4.69) is 20.6 Å². The minimum Gasteiger partial charge on any atom is -0.323 e. The second kappa shape index (κ2) is 7.51. The van der Waals surface area contributed by atoms with E-state index in [0.717, 1.165) is 5.56 Å². The molecule has 2 aromatic carbocycles. The van der Waals surface area contributed by atoms with E-state index in [9.17, 15) is 4.79 Å². The first-order valence-electron chi connectivity index (χ1n) is 7.45. The molecule has 0 bridgehead atoms. The number of hydrogen-bond donors (Lipinski definition) is 2. The lowest BCUT2D eigenvalue weighted by Gasteiger charge is -2.09. The summed E-state index contributed by atoms with van der Waals surface area (Å²) in [6.07, 6.45) is 1.50. The molecule has 25 heavy (non-hydrogen) atoms. The second-order valence-corrected chi connectivity index (χ2v) is 6.10. The Labute approximate surface area is 155 Å². The predicted molar refractivity (Wildman–Crippen MR) is 101 cm³/mol. The Morgan fingerprint density at radius 3 is 2.68 bits per heavy atom. The summed E-state index contributed by atoms with van der Waals surface area (Å²) in [6.45, 7) is 1.96. The first kappa shape index (κ1) is 17.2. The van der Waals surface area contributed by atoms with E-state index in [0.29, 0.717) is 21.4 Å². The molecule has 0 aliphatic carbocycles. The minimum absolute atomic E-state index is 0.233. The number of aryl methyl sites for hydroxylation is 1. The van der Waals surface area contributed by atoms with Gasteiger partial charge in [0, 0.05) is 11.9 Å². The van der Waals surface area contributed by atoms with Crippen molar-refractivity contribution in [3.63, 3.8) is 0 Å². The molecule has 0 spiro atoms. The number of carbonyl (C=O) groups excluding carboxylic acids is 1. The Morgan fingerprint density at radius 2 is 1.88 bits per heavy atom. The molecule has 3 aromatic rings. The summed E-state index contributed by atoms with van der Waals surface area (Å²) in [5, 5.41) is 6.55. The number of halogens is 2. The van der Waals surface area contributed by atoms with Crippen LogP contribution in [0.15, 0.2) is 54.7 Å². The Balaban J connectivity index is 1.79. The van der Waals surface area contributed by atoms with Gasteiger partial charge in [0.15, 0.2) is 0 Å². The topological polar surface area (TPSA) is 66.9 Å². The average molecular weight is 373 g/mol. The van der Waals surface area contributed by atoms with E-state index in [1.165, 1.54) is 12.3 Å². The van der Waals surface area contributed by atoms with E-state index in [4.69, 9.17) is 23.2 Å². The number of carbonyl (C=O) groups is 1. The van der Waals surface area contributed by atoms with Gasteiger partial charge in [-0.15, -0.1) is 0 Å². The standard InChI is InChI=1S/C18H14Cl2N4O/c1-11-4-2-5-12(10-11)22-17(25)15-8-9-21-18(24-15)23-14-7-3-6-13(19)16(14)20/h2-10H,1H3,(H,22,25)(H,21,23,24). The molecule has 1 amide bonds. The number of hydrogen-bond acceptors (Lipinski definition) is 4. The van der Waals surface area contributed by atoms with Gasteiger partial charge in [-0.2, -0.15) is 0 Å². The molecule has 3 rings (SSSR count). The zero-order valence-electron chi connectivity index (χ0n) is 13.3. The fourth-order valence-electron chi connectivity index (χ4n) is 2.18. The Kier molecular flexibility index (Phi) is 5.16. The van der Waals surface area contributed by atoms with E-state index in [-0.39, 0.29) is 17.5 Å². The molecule has 7 heteroatoms. The first-order valence-corrected chi connectivity index (χ1v) is 8.20. The van der Waals surface area contributed by atoms with Crippen LogP contribution in [0.1, 0.15) is 16.1 Å². The summed E-state index contributed by atoms with van der Waals surface area (Å²) in [7, 11) is 0. The molecule has 0 saturated carbocycles. The molecule has 0 unspecified atom stereocenters. The zero-order valence-corrected chi connectivity index (χ0v) is 14.8. The second-order valence-electron chi connectivity index (χ2n) is 5.32. The molecule has 2 N–H and O–H groups in total. The minimum atomic E-state index is -0.326. The van der Waals surface area contributed by atoms with Crippen LogP contribution in [0.5, 0.6) is 0 Å². The van der Waals surface area contributed by atoms with Crippen molar-refractivity contribution >= 4 is 46.4 Å². The number of aromatic nitrogens is 2. The van der Waals surface area contributed by atoms with E-state index in [1.54, 1.807) is 18.2 Å². The van der Waals surface area contributed by atoms with E-state index < -0.39 is 0 Å². The molecule has 5 nitrogen and oxygen atoms in total. The summed E-state index contributed by atoms with van der Waals surface area (Å²) < 4.78 is 0. The summed E-state index contributed by atoms with van der Waals surface area (Å²) in [5.41, 5.74) is 2.55. The predicted octanol–water partition coefficient (Wildman–Crippen LogP) is 5.09. The number of anilines is 3. The van der Waals surface area contributed by atoms with Gasteiger partial charge in [0.25, 0.3) is 5.91 Å². The Bertz CT molecular complexity index is 930. The third kappa shape index (κ3) is 4.26. The molecular weight excluding hydrogens is 359 g/mol. The molecule has 0 radical (unpaired) electrons. The van der Waals surface area contributed by atoms with Crippen LogP contribution in [-0.4, -0.2) is 15.9 Å². The van der Waals surface area contributed by atoms with Crippen molar-refractivity contribution in [3.8, 4) is 0 Å². The van der Waals surface area contributed by atoms with Crippen molar-refractivity contribution in [2.45, 2.75) is 6.92 Å². The lowest BCUT2D eigenvalue weighted by molar-refractivity contribution is 0.102. The van der Waals surface area contributed by atoms with Crippen molar-refractivity contribution in [1.82, 2.24) is 9.97 Å². The zero-order chi connectivity index (χ0) is 17.8. The number of amides is 1. The highest BCUT2D eigenvalue weighted by Crippen LogP contribution is 2.30. The van der Waals surface area contributed by atoms with Gasteiger partial charge in [-0.25, -0.2) is 9.97 Å². The Morgan fingerprint density at radius 1 is 1.08 bits per heavy atom. The summed E-state index contributed by atoms with van der Waals surface area (Å²) in [6, 6.07) is 14.2. The van der Waals surface area contributed by atoms with Crippen molar-refractivity contribution in [2.24, 2.45) is 0 Å². The third-order valence-corrected chi connectivity index (χ3v) is 4.18. The first-order chi connectivity index (χ1) is 12.0. The van der Waals surface area contributed by atoms with Gasteiger partial charge < -0.3 is 10.6 Å². The smallest absolute Gasteiger partial charge is 0.274 e. The van der Waals surface area contributed by atoms with Gasteiger partial charge in [0.2, 0.25) is 5.95 Å². The maximum absolute atomic E-state index is 12.4. The van der Waals surface area contributed by atoms with E-state index in [1.807, 2.05) is 31.2 Å². The van der Waals surface area contributed by atoms with Crippen LogP contribution in [0.3, 0.4) is 0 Å². The largest absolute Gasteiger partial charge is 0.323 e. The van der Waals surface area contributed by atoms with Crippen LogP contribution >= 0.6 is 23.2 Å². The third-order valence-electron chi connectivity index (χ3n) is 3.36. The summed E-state index contributed by atoms with van der Waals surface area (Å²) >= 11 is 12.1. The molecule has 1 heterocycles. The fourth-order valence-corrected chi connectivity index (χ4v) is 2.53. The van der Waals surface area contributed by atoms with Crippen molar-refractivity contribution in [2.75, 3.05) is 10.6 Å². The molecule has 1 aromatic heterocycles. The van der Waals surface area contributed by atoms with Gasteiger partial charge >= 0.3 is 0 Å². The molecule has 0 atom stereocenters. The lowest BCUT2D eigenvalue weighted by atomic mass is 10.2. The van der Waals surface area contributed by atoms with Crippen molar-refractivity contribution < 1.29 is 4.79 Å². The van der Waals surface area contributed by atoms with Gasteiger partial charge in [0.05, 0.1) is 15.7 Å². The summed E-state index contributed by atoms with van der Waals surface area (Å²) in [4.78, 5) is 20.7. The van der Waals surface area contributed by atoms with Crippen LogP contribution in [0.4, 0.5) is 17.3 Å². The molecule has 0 aliphatic heterocycles. The van der Waals surface area contributed by atoms with Gasteiger partial charge in [-0.1, -0.05) is 41.4 Å². The Hall–Kier alpha value is -2.63. The normalized spacial score (nSPS) is 10.4. The molecule has 0 aliphatic rings. The molecule has 0 saturated heterocycles.